The van der Waals surface area contributed by atoms with Gasteiger partial charge in [-0.15, -0.1) is 0 Å². The molecule has 1 saturated heterocycles. The first-order chi connectivity index (χ1) is 8.79. The first-order valence-corrected chi connectivity index (χ1v) is 6.28. The van der Waals surface area contributed by atoms with E-state index in [2.05, 4.69) is 0 Å². The molecule has 1 fully saturated rings. The predicted octanol–water partition coefficient (Wildman–Crippen LogP) is 1.83. The van der Waals surface area contributed by atoms with Gasteiger partial charge in [0.2, 0.25) is 5.91 Å². The molecule has 2 rings (SSSR count). The van der Waals surface area contributed by atoms with E-state index >= 15 is 0 Å². The van der Waals surface area contributed by atoms with Crippen LogP contribution in [-0.2, 0) is 16.0 Å². The number of carbonyl (C=O) groups excluding carboxylic acids is 1. The van der Waals surface area contributed by atoms with Gasteiger partial charge < -0.3 is 14.4 Å². The second-order valence-corrected chi connectivity index (χ2v) is 4.40. The summed E-state index contributed by atoms with van der Waals surface area (Å²) in [6.45, 7) is 2.02. The summed E-state index contributed by atoms with van der Waals surface area (Å²) in [4.78, 5) is 13.7. The Morgan fingerprint density at radius 2 is 2.39 bits per heavy atom. The first kappa shape index (κ1) is 12.9. The van der Waals surface area contributed by atoms with Crippen LogP contribution in [-0.4, -0.2) is 37.8 Å². The molecule has 18 heavy (non-hydrogen) atoms. The molecule has 0 unspecified atom stereocenters. The van der Waals surface area contributed by atoms with Gasteiger partial charge in [-0.3, -0.25) is 4.79 Å². The van der Waals surface area contributed by atoms with E-state index in [0.717, 1.165) is 37.3 Å². The summed E-state index contributed by atoms with van der Waals surface area (Å²) in [6, 6.07) is 7.84. The number of nitrogens with zero attached hydrogens (tertiary/aromatic N) is 1. The molecule has 4 heteroatoms. The van der Waals surface area contributed by atoms with Crippen molar-refractivity contribution in [2.24, 2.45) is 0 Å². The van der Waals surface area contributed by atoms with Gasteiger partial charge in [0, 0.05) is 13.0 Å². The van der Waals surface area contributed by atoms with Gasteiger partial charge >= 0.3 is 0 Å². The van der Waals surface area contributed by atoms with Crippen LogP contribution in [0.2, 0.25) is 0 Å². The van der Waals surface area contributed by atoms with Crippen LogP contribution in [0.25, 0.3) is 0 Å². The number of hydrogen-bond acceptors (Lipinski definition) is 3. The molecule has 98 valence electrons. The second-order valence-electron chi connectivity index (χ2n) is 4.40. The molecule has 0 atom stereocenters. The maximum Gasteiger partial charge on any atom is 0.224 e. The molecule has 0 aromatic heterocycles. The van der Waals surface area contributed by atoms with Gasteiger partial charge in [-0.05, 0) is 30.5 Å². The zero-order valence-corrected chi connectivity index (χ0v) is 10.7. The van der Waals surface area contributed by atoms with Crippen molar-refractivity contribution in [2.75, 3.05) is 27.0 Å². The Hall–Kier alpha value is -1.55. The Morgan fingerprint density at radius 1 is 1.50 bits per heavy atom. The minimum atomic E-state index is 0.164. The smallest absolute Gasteiger partial charge is 0.224 e. The average Bonchev–Trinajstić information content (AvgIpc) is 2.46. The third kappa shape index (κ3) is 3.47. The largest absolute Gasteiger partial charge is 0.497 e. The van der Waals surface area contributed by atoms with E-state index in [1.54, 1.807) is 12.0 Å². The maximum absolute atomic E-state index is 11.9. The molecule has 1 aliphatic rings. The fourth-order valence-electron chi connectivity index (χ4n) is 2.03. The van der Waals surface area contributed by atoms with Crippen LogP contribution in [0.5, 0.6) is 5.75 Å². The molecule has 1 aromatic rings. The number of ether oxygens (including phenoxy) is 2. The van der Waals surface area contributed by atoms with Crippen LogP contribution in [0.1, 0.15) is 18.4 Å². The van der Waals surface area contributed by atoms with Crippen LogP contribution in [0.15, 0.2) is 24.3 Å². The minimum absolute atomic E-state index is 0.164. The Bertz CT molecular complexity index is 400. The highest BCUT2D eigenvalue weighted by molar-refractivity contribution is 5.76. The molecule has 0 aliphatic carbocycles. The summed E-state index contributed by atoms with van der Waals surface area (Å²) in [5.41, 5.74) is 1.13. The number of hydrogen-bond donors (Lipinski definition) is 0. The SMILES string of the molecule is COc1cccc(CCC(=O)N2CCCOC2)c1. The van der Waals surface area contributed by atoms with Crippen LogP contribution in [0.4, 0.5) is 0 Å². The summed E-state index contributed by atoms with van der Waals surface area (Å²) in [5.74, 6) is 0.999. The third-order valence-electron chi connectivity index (χ3n) is 3.08. The lowest BCUT2D eigenvalue weighted by Crippen LogP contribution is -2.38. The lowest BCUT2D eigenvalue weighted by atomic mass is 10.1. The Kier molecular flexibility index (Phi) is 4.59. The van der Waals surface area contributed by atoms with E-state index in [0.29, 0.717) is 13.2 Å². The van der Waals surface area contributed by atoms with Crippen molar-refractivity contribution in [3.8, 4) is 5.75 Å². The van der Waals surface area contributed by atoms with Crippen molar-refractivity contribution in [1.29, 1.82) is 0 Å². The lowest BCUT2D eigenvalue weighted by molar-refractivity contribution is -0.140. The Labute approximate surface area is 107 Å². The normalized spacial score (nSPS) is 15.5. The van der Waals surface area contributed by atoms with Crippen molar-refractivity contribution in [1.82, 2.24) is 4.90 Å². The van der Waals surface area contributed by atoms with Gasteiger partial charge in [-0.2, -0.15) is 0 Å². The van der Waals surface area contributed by atoms with Gasteiger partial charge in [0.05, 0.1) is 13.7 Å². The fraction of sp³-hybridized carbons (Fsp3) is 0.500. The molecule has 0 spiro atoms. The number of methoxy groups -OCH3 is 1. The van der Waals surface area contributed by atoms with Crippen LogP contribution < -0.4 is 4.74 Å². The van der Waals surface area contributed by atoms with Gasteiger partial charge in [0.1, 0.15) is 12.5 Å². The zero-order valence-electron chi connectivity index (χ0n) is 10.7. The zero-order chi connectivity index (χ0) is 12.8. The molecule has 1 aromatic carbocycles. The fourth-order valence-corrected chi connectivity index (χ4v) is 2.03. The minimum Gasteiger partial charge on any atom is -0.497 e. The molecule has 0 N–H and O–H groups in total. The van der Waals surface area contributed by atoms with Gasteiger partial charge in [0.15, 0.2) is 0 Å². The summed E-state index contributed by atoms with van der Waals surface area (Å²) in [5, 5.41) is 0. The molecular weight excluding hydrogens is 230 g/mol. The number of carbonyl (C=O) groups is 1. The second kappa shape index (κ2) is 6.40. The summed E-state index contributed by atoms with van der Waals surface area (Å²) < 4.78 is 10.4. The standard InChI is InChI=1S/C14H19NO3/c1-17-13-5-2-4-12(10-13)6-7-14(16)15-8-3-9-18-11-15/h2,4-5,10H,3,6-9,11H2,1H3. The van der Waals surface area contributed by atoms with E-state index in [9.17, 15) is 4.79 Å². The quantitative estimate of drug-likeness (QED) is 0.817. The van der Waals surface area contributed by atoms with Crippen molar-refractivity contribution >= 4 is 5.91 Å². The maximum atomic E-state index is 11.9. The highest BCUT2D eigenvalue weighted by Crippen LogP contribution is 2.14. The third-order valence-corrected chi connectivity index (χ3v) is 3.08. The van der Waals surface area contributed by atoms with Crippen molar-refractivity contribution in [3.05, 3.63) is 29.8 Å². The molecule has 0 bridgehead atoms. The van der Waals surface area contributed by atoms with Gasteiger partial charge in [-0.25, -0.2) is 0 Å². The molecular formula is C14H19NO3. The first-order valence-electron chi connectivity index (χ1n) is 6.28. The summed E-state index contributed by atoms with van der Waals surface area (Å²) in [7, 11) is 1.65. The van der Waals surface area contributed by atoms with Gasteiger partial charge in [-0.1, -0.05) is 12.1 Å². The highest BCUT2D eigenvalue weighted by Gasteiger charge is 2.16. The van der Waals surface area contributed by atoms with E-state index in [1.807, 2.05) is 24.3 Å². The lowest BCUT2D eigenvalue weighted by Gasteiger charge is -2.26. The van der Waals surface area contributed by atoms with E-state index in [-0.39, 0.29) is 5.91 Å². The summed E-state index contributed by atoms with van der Waals surface area (Å²) in [6.07, 6.45) is 2.20. The molecule has 1 amide bonds. The van der Waals surface area contributed by atoms with Crippen LogP contribution in [0, 0.1) is 0 Å². The van der Waals surface area contributed by atoms with Crippen molar-refractivity contribution in [2.45, 2.75) is 19.3 Å². The number of aryl methyl sites for hydroxylation is 1. The molecule has 1 heterocycles. The van der Waals surface area contributed by atoms with E-state index < -0.39 is 0 Å². The Balaban J connectivity index is 1.84. The highest BCUT2D eigenvalue weighted by atomic mass is 16.5. The van der Waals surface area contributed by atoms with Crippen LogP contribution in [0.3, 0.4) is 0 Å². The molecule has 0 radical (unpaired) electrons. The monoisotopic (exact) mass is 249 g/mol. The Morgan fingerprint density at radius 3 is 3.11 bits per heavy atom. The van der Waals surface area contributed by atoms with E-state index in [1.165, 1.54) is 0 Å². The molecule has 4 nitrogen and oxygen atoms in total. The van der Waals surface area contributed by atoms with Gasteiger partial charge in [0.25, 0.3) is 0 Å². The number of benzene rings is 1. The van der Waals surface area contributed by atoms with Crippen LogP contribution >= 0.6 is 0 Å². The summed E-state index contributed by atoms with van der Waals surface area (Å²) >= 11 is 0. The number of amides is 1. The average molecular weight is 249 g/mol. The predicted molar refractivity (Wildman–Crippen MR) is 68.5 cm³/mol. The van der Waals surface area contributed by atoms with E-state index in [4.69, 9.17) is 9.47 Å². The molecule has 0 saturated carbocycles. The topological polar surface area (TPSA) is 38.8 Å². The molecule has 1 aliphatic heterocycles. The van der Waals surface area contributed by atoms with Crippen molar-refractivity contribution < 1.29 is 14.3 Å². The van der Waals surface area contributed by atoms with Crippen molar-refractivity contribution in [3.63, 3.8) is 0 Å². The number of rotatable bonds is 4.